The predicted molar refractivity (Wildman–Crippen MR) is 141 cm³/mol. The standard InChI is InChI=1S/C30H21N3O2/c34-30(20-7-2-1-3-8-20)33-22-15-13-21(14-16-22)32-23-17-18-31-27(19-23)26-11-6-10-25-24-9-4-5-12-28(24)35-29(25)26/h1-19H,(H,31,32)(H,33,34). The number of amides is 1. The summed E-state index contributed by atoms with van der Waals surface area (Å²) in [6, 6.07) is 34.9. The van der Waals surface area contributed by atoms with Crippen LogP contribution in [0.5, 0.6) is 0 Å². The van der Waals surface area contributed by atoms with Crippen LogP contribution in [0.25, 0.3) is 33.2 Å². The fraction of sp³-hybridized carbons (Fsp3) is 0. The van der Waals surface area contributed by atoms with Crippen molar-refractivity contribution in [3.63, 3.8) is 0 Å². The number of nitrogens with one attached hydrogen (secondary N) is 2. The Hall–Kier alpha value is -4.90. The van der Waals surface area contributed by atoms with Gasteiger partial charge in [-0.25, -0.2) is 0 Å². The van der Waals surface area contributed by atoms with Crippen molar-refractivity contribution < 1.29 is 9.21 Å². The fourth-order valence-electron chi connectivity index (χ4n) is 4.20. The van der Waals surface area contributed by atoms with Crippen molar-refractivity contribution in [2.75, 3.05) is 10.6 Å². The van der Waals surface area contributed by atoms with E-state index in [4.69, 9.17) is 4.42 Å². The van der Waals surface area contributed by atoms with Crippen LogP contribution in [0.4, 0.5) is 17.1 Å². The number of para-hydroxylation sites is 2. The number of pyridine rings is 1. The van der Waals surface area contributed by atoms with Gasteiger partial charge in [0.1, 0.15) is 11.2 Å². The number of hydrogen-bond donors (Lipinski definition) is 2. The molecule has 0 aliphatic heterocycles. The molecule has 6 rings (SSSR count). The van der Waals surface area contributed by atoms with Gasteiger partial charge >= 0.3 is 0 Å². The molecule has 0 spiro atoms. The van der Waals surface area contributed by atoms with Crippen LogP contribution >= 0.6 is 0 Å². The second-order valence-electron chi connectivity index (χ2n) is 8.23. The highest BCUT2D eigenvalue weighted by atomic mass is 16.3. The van der Waals surface area contributed by atoms with E-state index in [0.717, 1.165) is 50.3 Å². The van der Waals surface area contributed by atoms with Crippen molar-refractivity contribution in [2.45, 2.75) is 0 Å². The fourth-order valence-corrected chi connectivity index (χ4v) is 4.20. The van der Waals surface area contributed by atoms with Gasteiger partial charge in [-0.3, -0.25) is 9.78 Å². The van der Waals surface area contributed by atoms with Crippen molar-refractivity contribution in [1.82, 2.24) is 4.98 Å². The Labute approximate surface area is 202 Å². The Bertz CT molecular complexity index is 1650. The summed E-state index contributed by atoms with van der Waals surface area (Å²) in [4.78, 5) is 17.0. The van der Waals surface area contributed by atoms with E-state index in [9.17, 15) is 4.79 Å². The summed E-state index contributed by atoms with van der Waals surface area (Å²) in [6.45, 7) is 0. The molecule has 0 aliphatic rings. The molecule has 5 nitrogen and oxygen atoms in total. The molecule has 168 valence electrons. The Morgan fingerprint density at radius 3 is 2.29 bits per heavy atom. The maximum absolute atomic E-state index is 12.4. The van der Waals surface area contributed by atoms with Crippen LogP contribution in [0.15, 0.2) is 120 Å². The Balaban J connectivity index is 1.24. The van der Waals surface area contributed by atoms with Gasteiger partial charge in [-0.2, -0.15) is 0 Å². The van der Waals surface area contributed by atoms with Crippen LogP contribution in [0.3, 0.4) is 0 Å². The quantitative estimate of drug-likeness (QED) is 0.280. The molecule has 0 saturated heterocycles. The van der Waals surface area contributed by atoms with Crippen molar-refractivity contribution in [2.24, 2.45) is 0 Å². The van der Waals surface area contributed by atoms with E-state index in [0.29, 0.717) is 5.56 Å². The molecule has 5 heteroatoms. The lowest BCUT2D eigenvalue weighted by atomic mass is 10.1. The minimum atomic E-state index is -0.134. The molecule has 0 unspecified atom stereocenters. The number of rotatable bonds is 5. The third kappa shape index (κ3) is 4.11. The third-order valence-corrected chi connectivity index (χ3v) is 5.91. The second kappa shape index (κ2) is 8.80. The van der Waals surface area contributed by atoms with E-state index in [2.05, 4.69) is 27.8 Å². The summed E-state index contributed by atoms with van der Waals surface area (Å²) in [6.07, 6.45) is 1.79. The number of anilines is 3. The number of carbonyl (C=O) groups excluding carboxylic acids is 1. The monoisotopic (exact) mass is 455 g/mol. The number of benzene rings is 4. The minimum Gasteiger partial charge on any atom is -0.455 e. The van der Waals surface area contributed by atoms with E-state index >= 15 is 0 Å². The number of carbonyl (C=O) groups is 1. The molecular weight excluding hydrogens is 434 g/mol. The zero-order chi connectivity index (χ0) is 23.6. The molecule has 0 bridgehead atoms. The molecule has 2 heterocycles. The summed E-state index contributed by atoms with van der Waals surface area (Å²) in [7, 11) is 0. The van der Waals surface area contributed by atoms with Gasteiger partial charge in [-0.1, -0.05) is 48.5 Å². The zero-order valence-electron chi connectivity index (χ0n) is 18.7. The lowest BCUT2D eigenvalue weighted by Gasteiger charge is -2.10. The summed E-state index contributed by atoms with van der Waals surface area (Å²) in [5, 5.41) is 8.51. The third-order valence-electron chi connectivity index (χ3n) is 5.91. The van der Waals surface area contributed by atoms with Crippen LogP contribution in [0, 0.1) is 0 Å². The Kier molecular flexibility index (Phi) is 5.20. The van der Waals surface area contributed by atoms with Gasteiger partial charge in [-0.15, -0.1) is 0 Å². The molecule has 0 saturated carbocycles. The SMILES string of the molecule is O=C(Nc1ccc(Nc2ccnc(-c3cccc4c3oc3ccccc34)c2)cc1)c1ccccc1. The summed E-state index contributed by atoms with van der Waals surface area (Å²) in [5.74, 6) is -0.134. The van der Waals surface area contributed by atoms with Gasteiger partial charge in [0.05, 0.1) is 5.69 Å². The Morgan fingerprint density at radius 1 is 0.686 bits per heavy atom. The van der Waals surface area contributed by atoms with Gasteiger partial charge < -0.3 is 15.1 Å². The Morgan fingerprint density at radius 2 is 1.43 bits per heavy atom. The van der Waals surface area contributed by atoms with Crippen LogP contribution < -0.4 is 10.6 Å². The van der Waals surface area contributed by atoms with E-state index in [1.165, 1.54) is 0 Å². The van der Waals surface area contributed by atoms with E-state index < -0.39 is 0 Å². The molecule has 0 radical (unpaired) electrons. The highest BCUT2D eigenvalue weighted by molar-refractivity contribution is 6.09. The predicted octanol–water partition coefficient (Wildman–Crippen LogP) is 7.64. The van der Waals surface area contributed by atoms with Crippen molar-refractivity contribution >= 4 is 44.9 Å². The largest absolute Gasteiger partial charge is 0.455 e. The lowest BCUT2D eigenvalue weighted by Crippen LogP contribution is -2.11. The first-order valence-corrected chi connectivity index (χ1v) is 11.3. The number of nitrogens with zero attached hydrogens (tertiary/aromatic N) is 1. The number of hydrogen-bond acceptors (Lipinski definition) is 4. The maximum Gasteiger partial charge on any atom is 0.255 e. The molecule has 0 atom stereocenters. The average molecular weight is 456 g/mol. The summed E-state index contributed by atoms with van der Waals surface area (Å²) < 4.78 is 6.18. The van der Waals surface area contributed by atoms with Gasteiger partial charge in [0, 0.05) is 45.2 Å². The molecule has 0 aliphatic carbocycles. The zero-order valence-corrected chi connectivity index (χ0v) is 18.7. The normalized spacial score (nSPS) is 11.0. The highest BCUT2D eigenvalue weighted by Crippen LogP contribution is 2.35. The molecule has 6 aromatic rings. The van der Waals surface area contributed by atoms with Crippen LogP contribution in [0.2, 0.25) is 0 Å². The second-order valence-corrected chi connectivity index (χ2v) is 8.23. The maximum atomic E-state index is 12.4. The number of aromatic nitrogens is 1. The van der Waals surface area contributed by atoms with Crippen molar-refractivity contribution in [1.29, 1.82) is 0 Å². The molecule has 4 aromatic carbocycles. The number of fused-ring (bicyclic) bond motifs is 3. The van der Waals surface area contributed by atoms with Gasteiger partial charge in [0.2, 0.25) is 0 Å². The summed E-state index contributed by atoms with van der Waals surface area (Å²) >= 11 is 0. The van der Waals surface area contributed by atoms with E-state index in [1.807, 2.05) is 84.9 Å². The number of furan rings is 1. The van der Waals surface area contributed by atoms with Crippen LogP contribution in [0.1, 0.15) is 10.4 Å². The topological polar surface area (TPSA) is 67.2 Å². The van der Waals surface area contributed by atoms with Gasteiger partial charge in [0.25, 0.3) is 5.91 Å². The molecule has 2 aromatic heterocycles. The molecule has 35 heavy (non-hydrogen) atoms. The molecule has 1 amide bonds. The first-order chi connectivity index (χ1) is 17.2. The lowest BCUT2D eigenvalue weighted by molar-refractivity contribution is 0.102. The first kappa shape index (κ1) is 20.7. The van der Waals surface area contributed by atoms with E-state index in [1.54, 1.807) is 18.3 Å². The molecule has 2 N–H and O–H groups in total. The smallest absolute Gasteiger partial charge is 0.255 e. The minimum absolute atomic E-state index is 0.134. The molecular formula is C30H21N3O2. The van der Waals surface area contributed by atoms with Crippen molar-refractivity contribution in [3.05, 3.63) is 121 Å². The van der Waals surface area contributed by atoms with Crippen LogP contribution in [-0.4, -0.2) is 10.9 Å². The van der Waals surface area contributed by atoms with Crippen LogP contribution in [-0.2, 0) is 0 Å². The van der Waals surface area contributed by atoms with Crippen molar-refractivity contribution in [3.8, 4) is 11.3 Å². The molecule has 0 fully saturated rings. The average Bonchev–Trinajstić information content (AvgIpc) is 3.29. The first-order valence-electron chi connectivity index (χ1n) is 11.3. The van der Waals surface area contributed by atoms with Gasteiger partial charge in [-0.05, 0) is 60.7 Å². The highest BCUT2D eigenvalue weighted by Gasteiger charge is 2.13. The summed E-state index contributed by atoms with van der Waals surface area (Å²) in [5.41, 5.74) is 6.63. The van der Waals surface area contributed by atoms with Gasteiger partial charge in [0.15, 0.2) is 0 Å². The van der Waals surface area contributed by atoms with E-state index in [-0.39, 0.29) is 5.91 Å².